The van der Waals surface area contributed by atoms with E-state index in [9.17, 15) is 4.79 Å². The summed E-state index contributed by atoms with van der Waals surface area (Å²) in [6.07, 6.45) is 1.55. The van der Waals surface area contributed by atoms with Gasteiger partial charge in [-0.3, -0.25) is 0 Å². The van der Waals surface area contributed by atoms with Crippen molar-refractivity contribution in [2.45, 2.75) is 33.6 Å². The minimum atomic E-state index is -0.375. The molecular weight excluding hydrogens is 514 g/mol. The van der Waals surface area contributed by atoms with E-state index in [0.29, 0.717) is 28.9 Å². The van der Waals surface area contributed by atoms with E-state index in [-0.39, 0.29) is 12.6 Å². The Kier molecular flexibility index (Phi) is 7.72. The van der Waals surface area contributed by atoms with Gasteiger partial charge in [0.2, 0.25) is 0 Å². The molecule has 0 saturated carbocycles. The molecule has 0 saturated heterocycles. The van der Waals surface area contributed by atoms with Crippen LogP contribution < -0.4 is 10.1 Å². The van der Waals surface area contributed by atoms with Crippen LogP contribution in [0, 0.1) is 0 Å². The van der Waals surface area contributed by atoms with E-state index in [1.54, 1.807) is 17.7 Å². The SMILES string of the molecule is CCOC(=O)c1c(-c2ccc(OCC)cc2)csc1Nc1ncnc2scc(-c3ccc(C(C)C)cc3)c12. The molecule has 1 N–H and O–H groups in total. The summed E-state index contributed by atoms with van der Waals surface area (Å²) in [5, 5.41) is 9.15. The number of hydrogen-bond acceptors (Lipinski definition) is 8. The van der Waals surface area contributed by atoms with Crippen LogP contribution in [0.4, 0.5) is 10.8 Å². The fourth-order valence-corrected chi connectivity index (χ4v) is 6.18. The molecule has 3 aromatic heterocycles. The summed E-state index contributed by atoms with van der Waals surface area (Å²) in [4.78, 5) is 23.1. The highest BCUT2D eigenvalue weighted by molar-refractivity contribution is 7.17. The molecule has 5 rings (SSSR count). The summed E-state index contributed by atoms with van der Waals surface area (Å²) >= 11 is 3.03. The number of aromatic nitrogens is 2. The predicted octanol–water partition coefficient (Wildman–Crippen LogP) is 8.53. The van der Waals surface area contributed by atoms with Crippen LogP contribution >= 0.6 is 22.7 Å². The standard InChI is InChI=1S/C30H29N3O3S2/c1-5-35-22-13-11-21(12-14-22)24-16-38-29(26(24)30(34)36-6-2)33-27-25-23(15-37-28(25)32-17-31-27)20-9-7-19(8-10-20)18(3)4/h7-18H,5-6H2,1-4H3,(H,31,32,33). The largest absolute Gasteiger partial charge is 0.494 e. The molecule has 0 bridgehead atoms. The number of ether oxygens (including phenoxy) is 2. The normalized spacial score (nSPS) is 11.2. The number of nitrogens with zero attached hydrogens (tertiary/aromatic N) is 2. The van der Waals surface area contributed by atoms with E-state index in [1.807, 2.05) is 43.5 Å². The van der Waals surface area contributed by atoms with Gasteiger partial charge >= 0.3 is 5.97 Å². The summed E-state index contributed by atoms with van der Waals surface area (Å²) < 4.78 is 11.0. The quantitative estimate of drug-likeness (QED) is 0.188. The third-order valence-corrected chi connectivity index (χ3v) is 8.02. The summed E-state index contributed by atoms with van der Waals surface area (Å²) in [6, 6.07) is 16.4. The molecular formula is C30H29N3O3S2. The topological polar surface area (TPSA) is 73.3 Å². The molecule has 38 heavy (non-hydrogen) atoms. The van der Waals surface area contributed by atoms with E-state index in [2.05, 4.69) is 58.8 Å². The first-order valence-corrected chi connectivity index (χ1v) is 14.4. The lowest BCUT2D eigenvalue weighted by atomic mass is 9.99. The van der Waals surface area contributed by atoms with E-state index in [4.69, 9.17) is 9.47 Å². The second-order valence-electron chi connectivity index (χ2n) is 8.98. The van der Waals surface area contributed by atoms with Gasteiger partial charge in [-0.05, 0) is 48.6 Å². The first-order valence-electron chi connectivity index (χ1n) is 12.6. The Hall–Kier alpha value is -3.75. The first kappa shape index (κ1) is 25.9. The highest BCUT2D eigenvalue weighted by atomic mass is 32.1. The first-order chi connectivity index (χ1) is 18.5. The maximum atomic E-state index is 13.2. The number of hydrogen-bond donors (Lipinski definition) is 1. The van der Waals surface area contributed by atoms with E-state index in [0.717, 1.165) is 38.2 Å². The molecule has 2 aromatic carbocycles. The van der Waals surface area contributed by atoms with Gasteiger partial charge in [-0.25, -0.2) is 14.8 Å². The summed E-state index contributed by atoms with van der Waals surface area (Å²) in [5.74, 6) is 1.54. The van der Waals surface area contributed by atoms with Gasteiger partial charge in [-0.1, -0.05) is 50.2 Å². The van der Waals surface area contributed by atoms with E-state index >= 15 is 0 Å². The van der Waals surface area contributed by atoms with Crippen molar-refractivity contribution in [1.29, 1.82) is 0 Å². The number of carbonyl (C=O) groups excluding carboxylic acids is 1. The molecule has 194 valence electrons. The van der Waals surface area contributed by atoms with Gasteiger partial charge in [0.05, 0.1) is 18.6 Å². The van der Waals surface area contributed by atoms with Crippen molar-refractivity contribution in [3.05, 3.63) is 76.7 Å². The summed E-state index contributed by atoms with van der Waals surface area (Å²) in [6.45, 7) is 9.02. The zero-order chi connectivity index (χ0) is 26.6. The molecule has 6 nitrogen and oxygen atoms in total. The minimum Gasteiger partial charge on any atom is -0.494 e. The Morgan fingerprint density at radius 2 is 1.58 bits per heavy atom. The molecule has 0 aliphatic carbocycles. The lowest BCUT2D eigenvalue weighted by Gasteiger charge is -2.11. The summed E-state index contributed by atoms with van der Waals surface area (Å²) in [5.41, 5.74) is 5.66. The Morgan fingerprint density at radius 1 is 0.895 bits per heavy atom. The number of thiophene rings is 2. The molecule has 0 atom stereocenters. The molecule has 0 fully saturated rings. The van der Waals surface area contributed by atoms with E-state index in [1.165, 1.54) is 16.9 Å². The average Bonchev–Trinajstić information content (AvgIpc) is 3.55. The second-order valence-corrected chi connectivity index (χ2v) is 10.7. The number of benzene rings is 2. The summed E-state index contributed by atoms with van der Waals surface area (Å²) in [7, 11) is 0. The van der Waals surface area contributed by atoms with Crippen molar-refractivity contribution in [2.75, 3.05) is 18.5 Å². The highest BCUT2D eigenvalue weighted by Crippen LogP contribution is 2.42. The van der Waals surface area contributed by atoms with Crippen molar-refractivity contribution in [3.63, 3.8) is 0 Å². The van der Waals surface area contributed by atoms with Crippen molar-refractivity contribution in [1.82, 2.24) is 9.97 Å². The Bertz CT molecular complexity index is 1550. The van der Waals surface area contributed by atoms with Crippen LogP contribution in [0.5, 0.6) is 5.75 Å². The lowest BCUT2D eigenvalue weighted by molar-refractivity contribution is 0.0529. The van der Waals surface area contributed by atoms with Gasteiger partial charge in [0, 0.05) is 21.9 Å². The van der Waals surface area contributed by atoms with Crippen LogP contribution in [0.2, 0.25) is 0 Å². The van der Waals surface area contributed by atoms with Crippen LogP contribution in [0.1, 0.15) is 49.5 Å². The number of fused-ring (bicyclic) bond motifs is 1. The molecule has 8 heteroatoms. The maximum absolute atomic E-state index is 13.2. The number of nitrogens with one attached hydrogen (secondary N) is 1. The van der Waals surface area contributed by atoms with Crippen molar-refractivity contribution < 1.29 is 14.3 Å². The smallest absolute Gasteiger partial charge is 0.341 e. The van der Waals surface area contributed by atoms with Gasteiger partial charge in [-0.2, -0.15) is 0 Å². The fourth-order valence-electron chi connectivity index (χ4n) is 4.30. The Morgan fingerprint density at radius 3 is 2.26 bits per heavy atom. The number of carbonyl (C=O) groups is 1. The molecule has 0 spiro atoms. The van der Waals surface area contributed by atoms with Crippen LogP contribution in [-0.4, -0.2) is 29.2 Å². The number of esters is 1. The zero-order valence-corrected chi connectivity index (χ0v) is 23.4. The van der Waals surface area contributed by atoms with Crippen LogP contribution in [0.15, 0.2) is 65.6 Å². The van der Waals surface area contributed by atoms with E-state index < -0.39 is 0 Å². The predicted molar refractivity (Wildman–Crippen MR) is 157 cm³/mol. The fraction of sp³-hybridized carbons (Fsp3) is 0.233. The highest BCUT2D eigenvalue weighted by Gasteiger charge is 2.23. The monoisotopic (exact) mass is 543 g/mol. The minimum absolute atomic E-state index is 0.287. The third kappa shape index (κ3) is 5.14. The lowest BCUT2D eigenvalue weighted by Crippen LogP contribution is -2.08. The van der Waals surface area contributed by atoms with Gasteiger partial charge in [0.1, 0.15) is 33.3 Å². The van der Waals surface area contributed by atoms with Gasteiger partial charge in [-0.15, -0.1) is 22.7 Å². The van der Waals surface area contributed by atoms with Crippen LogP contribution in [-0.2, 0) is 4.74 Å². The van der Waals surface area contributed by atoms with Crippen molar-refractivity contribution in [2.24, 2.45) is 0 Å². The van der Waals surface area contributed by atoms with Crippen LogP contribution in [0.3, 0.4) is 0 Å². The molecule has 0 amide bonds. The number of anilines is 2. The molecule has 5 aromatic rings. The molecule has 0 unspecified atom stereocenters. The maximum Gasteiger partial charge on any atom is 0.341 e. The Labute approximate surface area is 230 Å². The molecule has 0 aliphatic heterocycles. The van der Waals surface area contributed by atoms with Gasteiger partial charge in [0.15, 0.2) is 0 Å². The molecule has 0 radical (unpaired) electrons. The van der Waals surface area contributed by atoms with Crippen molar-refractivity contribution >= 4 is 49.7 Å². The van der Waals surface area contributed by atoms with Crippen molar-refractivity contribution in [3.8, 4) is 28.0 Å². The van der Waals surface area contributed by atoms with Gasteiger partial charge in [0.25, 0.3) is 0 Å². The zero-order valence-electron chi connectivity index (χ0n) is 21.8. The Balaban J connectivity index is 1.56. The average molecular weight is 544 g/mol. The molecule has 0 aliphatic rings. The van der Waals surface area contributed by atoms with Gasteiger partial charge < -0.3 is 14.8 Å². The van der Waals surface area contributed by atoms with Crippen LogP contribution in [0.25, 0.3) is 32.5 Å². The third-order valence-electron chi connectivity index (χ3n) is 6.24. The second kappa shape index (κ2) is 11.3. The number of rotatable bonds is 9. The molecule has 3 heterocycles.